The predicted octanol–water partition coefficient (Wildman–Crippen LogP) is 2.54. The van der Waals surface area contributed by atoms with Crippen LogP contribution in [-0.2, 0) is 0 Å². The highest BCUT2D eigenvalue weighted by molar-refractivity contribution is 5.94. The fourth-order valence-corrected chi connectivity index (χ4v) is 1.75. The van der Waals surface area contributed by atoms with Crippen molar-refractivity contribution < 1.29 is 14.3 Å². The molecule has 0 saturated carbocycles. The van der Waals surface area contributed by atoms with E-state index in [-0.39, 0.29) is 30.2 Å². The van der Waals surface area contributed by atoms with Crippen LogP contribution in [0.2, 0.25) is 0 Å². The molecule has 0 saturated heterocycles. The maximum atomic E-state index is 13.6. The Kier molecular flexibility index (Phi) is 5.31. The van der Waals surface area contributed by atoms with E-state index in [4.69, 9.17) is 10.4 Å². The number of benzene rings is 1. The molecule has 4 nitrogen and oxygen atoms in total. The third-order valence-corrected chi connectivity index (χ3v) is 2.55. The number of phenols is 1. The van der Waals surface area contributed by atoms with Gasteiger partial charge in [0.05, 0.1) is 18.1 Å². The van der Waals surface area contributed by atoms with E-state index in [1.165, 1.54) is 17.0 Å². The maximum absolute atomic E-state index is 13.6. The Hall–Kier alpha value is -2.09. The van der Waals surface area contributed by atoms with Gasteiger partial charge in [0, 0.05) is 19.2 Å². The van der Waals surface area contributed by atoms with Crippen LogP contribution in [0.3, 0.4) is 0 Å². The second-order valence-corrected chi connectivity index (χ2v) is 4.72. The van der Waals surface area contributed by atoms with Crippen molar-refractivity contribution in [3.05, 3.63) is 29.6 Å². The molecule has 102 valence electrons. The van der Waals surface area contributed by atoms with Gasteiger partial charge < -0.3 is 10.0 Å². The second kappa shape index (κ2) is 6.74. The summed E-state index contributed by atoms with van der Waals surface area (Å²) in [4.78, 5) is 13.7. The number of hydrogen-bond donors (Lipinski definition) is 1. The molecule has 1 aromatic carbocycles. The number of phenolic OH excluding ortho intramolecular Hbond substituents is 1. The number of carbonyl (C=O) groups excluding carboxylic acids is 1. The normalized spacial score (nSPS) is 10.3. The minimum atomic E-state index is -0.754. The zero-order valence-electron chi connectivity index (χ0n) is 11.1. The summed E-state index contributed by atoms with van der Waals surface area (Å²) in [5, 5.41) is 17.7. The number of hydrogen-bond acceptors (Lipinski definition) is 3. The monoisotopic (exact) mass is 264 g/mol. The van der Waals surface area contributed by atoms with Gasteiger partial charge in [-0.15, -0.1) is 0 Å². The summed E-state index contributed by atoms with van der Waals surface area (Å²) < 4.78 is 13.6. The van der Waals surface area contributed by atoms with Crippen molar-refractivity contribution in [3.63, 3.8) is 0 Å². The zero-order chi connectivity index (χ0) is 14.4. The first-order valence-electron chi connectivity index (χ1n) is 6.10. The van der Waals surface area contributed by atoms with Crippen LogP contribution >= 0.6 is 0 Å². The fourth-order valence-electron chi connectivity index (χ4n) is 1.75. The summed E-state index contributed by atoms with van der Waals surface area (Å²) in [6.07, 6.45) is 0.207. The lowest BCUT2D eigenvalue weighted by Crippen LogP contribution is -2.35. The molecule has 0 atom stereocenters. The highest BCUT2D eigenvalue weighted by atomic mass is 19.1. The third kappa shape index (κ3) is 4.25. The molecular weight excluding hydrogens is 247 g/mol. The van der Waals surface area contributed by atoms with E-state index in [1.54, 1.807) is 0 Å². The van der Waals surface area contributed by atoms with E-state index in [9.17, 15) is 9.18 Å². The Morgan fingerprint density at radius 3 is 2.74 bits per heavy atom. The molecule has 0 aliphatic heterocycles. The number of rotatable bonds is 5. The van der Waals surface area contributed by atoms with E-state index >= 15 is 0 Å². The summed E-state index contributed by atoms with van der Waals surface area (Å²) in [6.45, 7) is 4.62. The van der Waals surface area contributed by atoms with Gasteiger partial charge in [0.15, 0.2) is 0 Å². The quantitative estimate of drug-likeness (QED) is 0.888. The van der Waals surface area contributed by atoms with Gasteiger partial charge in [-0.2, -0.15) is 5.26 Å². The van der Waals surface area contributed by atoms with Gasteiger partial charge in [-0.3, -0.25) is 4.79 Å². The fraction of sp³-hybridized carbons (Fsp3) is 0.429. The first-order valence-corrected chi connectivity index (χ1v) is 6.10. The van der Waals surface area contributed by atoms with E-state index in [0.29, 0.717) is 6.54 Å². The molecule has 0 radical (unpaired) electrons. The van der Waals surface area contributed by atoms with Gasteiger partial charge in [0.2, 0.25) is 0 Å². The smallest absolute Gasteiger partial charge is 0.256 e. The van der Waals surface area contributed by atoms with Crippen LogP contribution < -0.4 is 0 Å². The molecule has 1 aromatic rings. The van der Waals surface area contributed by atoms with E-state index in [0.717, 1.165) is 6.07 Å². The van der Waals surface area contributed by atoms with Crippen LogP contribution in [0.25, 0.3) is 0 Å². The average molecular weight is 264 g/mol. The molecule has 5 heteroatoms. The van der Waals surface area contributed by atoms with E-state index in [2.05, 4.69) is 0 Å². The Balaban J connectivity index is 2.94. The Morgan fingerprint density at radius 1 is 1.53 bits per heavy atom. The summed E-state index contributed by atoms with van der Waals surface area (Å²) >= 11 is 0. The van der Waals surface area contributed by atoms with E-state index in [1.807, 2.05) is 19.9 Å². The summed E-state index contributed by atoms with van der Waals surface area (Å²) in [6, 6.07) is 5.41. The topological polar surface area (TPSA) is 64.3 Å². The largest absolute Gasteiger partial charge is 0.508 e. The molecule has 0 aliphatic rings. The summed E-state index contributed by atoms with van der Waals surface area (Å²) in [7, 11) is 0. The number of amides is 1. The van der Waals surface area contributed by atoms with Crippen molar-refractivity contribution in [1.29, 1.82) is 5.26 Å². The molecule has 0 bridgehead atoms. The molecule has 19 heavy (non-hydrogen) atoms. The highest BCUT2D eigenvalue weighted by Crippen LogP contribution is 2.17. The number of nitriles is 1. The number of aromatic hydroxyl groups is 1. The lowest BCUT2D eigenvalue weighted by Gasteiger charge is -2.23. The zero-order valence-corrected chi connectivity index (χ0v) is 11.1. The predicted molar refractivity (Wildman–Crippen MR) is 69.0 cm³/mol. The number of halogens is 1. The van der Waals surface area contributed by atoms with Gasteiger partial charge in [0.1, 0.15) is 11.6 Å². The van der Waals surface area contributed by atoms with Crippen molar-refractivity contribution in [2.75, 3.05) is 13.1 Å². The molecular formula is C14H17FN2O2. The van der Waals surface area contributed by atoms with Crippen molar-refractivity contribution in [2.24, 2.45) is 5.92 Å². The van der Waals surface area contributed by atoms with Crippen molar-refractivity contribution >= 4 is 5.91 Å². The molecule has 1 N–H and O–H groups in total. The maximum Gasteiger partial charge on any atom is 0.256 e. The molecule has 0 spiro atoms. The molecule has 0 unspecified atom stereocenters. The Labute approximate surface area is 112 Å². The Morgan fingerprint density at radius 2 is 2.21 bits per heavy atom. The minimum Gasteiger partial charge on any atom is -0.508 e. The number of carbonyl (C=O) groups is 1. The average Bonchev–Trinajstić information content (AvgIpc) is 2.33. The Bertz CT molecular complexity index is 495. The van der Waals surface area contributed by atoms with Gasteiger partial charge >= 0.3 is 0 Å². The van der Waals surface area contributed by atoms with Gasteiger partial charge in [-0.25, -0.2) is 4.39 Å². The lowest BCUT2D eigenvalue weighted by atomic mass is 10.1. The van der Waals surface area contributed by atoms with Gasteiger partial charge in [-0.1, -0.05) is 13.8 Å². The van der Waals surface area contributed by atoms with Gasteiger partial charge in [0.25, 0.3) is 5.91 Å². The van der Waals surface area contributed by atoms with Gasteiger partial charge in [-0.05, 0) is 18.1 Å². The van der Waals surface area contributed by atoms with E-state index < -0.39 is 11.7 Å². The first kappa shape index (κ1) is 15.0. The molecule has 0 heterocycles. The minimum absolute atomic E-state index is 0.0867. The van der Waals surface area contributed by atoms with Crippen LogP contribution in [0.15, 0.2) is 18.2 Å². The van der Waals surface area contributed by atoms with Crippen molar-refractivity contribution in [2.45, 2.75) is 20.3 Å². The van der Waals surface area contributed by atoms with Crippen LogP contribution in [0, 0.1) is 23.1 Å². The SMILES string of the molecule is CC(C)CN(CCC#N)C(=O)c1ccc(O)cc1F. The molecule has 0 aliphatic carbocycles. The summed E-state index contributed by atoms with van der Waals surface area (Å²) in [5.41, 5.74) is -0.0867. The van der Waals surface area contributed by atoms with Crippen molar-refractivity contribution in [3.8, 4) is 11.8 Å². The summed E-state index contributed by atoms with van der Waals surface area (Å²) in [5.74, 6) is -1.21. The van der Waals surface area contributed by atoms with Crippen LogP contribution in [0.4, 0.5) is 4.39 Å². The van der Waals surface area contributed by atoms with Crippen LogP contribution in [0.5, 0.6) is 5.75 Å². The van der Waals surface area contributed by atoms with Crippen LogP contribution in [0.1, 0.15) is 30.6 Å². The van der Waals surface area contributed by atoms with Crippen molar-refractivity contribution in [1.82, 2.24) is 4.90 Å². The lowest BCUT2D eigenvalue weighted by molar-refractivity contribution is 0.0735. The first-order chi connectivity index (χ1) is 8.95. The number of nitrogens with zero attached hydrogens (tertiary/aromatic N) is 2. The van der Waals surface area contributed by atoms with Crippen LogP contribution in [-0.4, -0.2) is 29.0 Å². The molecule has 1 rings (SSSR count). The highest BCUT2D eigenvalue weighted by Gasteiger charge is 2.20. The molecule has 0 aromatic heterocycles. The second-order valence-electron chi connectivity index (χ2n) is 4.72. The third-order valence-electron chi connectivity index (χ3n) is 2.55. The molecule has 0 fully saturated rings. The molecule has 1 amide bonds. The standard InChI is InChI=1S/C14H17FN2O2/c1-10(2)9-17(7-3-6-16)14(19)12-5-4-11(18)8-13(12)15/h4-5,8,10,18H,3,7,9H2,1-2H3.